The zero-order valence-electron chi connectivity index (χ0n) is 10.2. The van der Waals surface area contributed by atoms with E-state index in [4.69, 9.17) is 4.42 Å². The van der Waals surface area contributed by atoms with Gasteiger partial charge in [-0.3, -0.25) is 0 Å². The number of hydrogen-bond donors (Lipinski definition) is 1. The number of nitrogens with one attached hydrogen (secondary N) is 1. The monoisotopic (exact) mass is 219 g/mol. The number of aryl methyl sites for hydroxylation is 2. The molecule has 0 fully saturated rings. The molecular weight excluding hydrogens is 202 g/mol. The van der Waals surface area contributed by atoms with Crippen molar-refractivity contribution in [2.45, 2.75) is 20.4 Å². The van der Waals surface area contributed by atoms with Crippen LogP contribution in [0.15, 0.2) is 16.5 Å². The Hall–Kier alpha value is -1.55. The maximum Gasteiger partial charge on any atom is 0.152 e. The summed E-state index contributed by atoms with van der Waals surface area (Å²) in [6, 6.07) is 3.96. The molecule has 2 aromatic rings. The van der Waals surface area contributed by atoms with Gasteiger partial charge in [-0.15, -0.1) is 0 Å². The van der Waals surface area contributed by atoms with E-state index in [9.17, 15) is 0 Å². The van der Waals surface area contributed by atoms with E-state index < -0.39 is 0 Å². The summed E-state index contributed by atoms with van der Waals surface area (Å²) in [5.74, 6) is 2.80. The third-order valence-corrected chi connectivity index (χ3v) is 2.71. The molecule has 2 heterocycles. The Morgan fingerprint density at radius 2 is 2.12 bits per heavy atom. The smallest absolute Gasteiger partial charge is 0.152 e. The van der Waals surface area contributed by atoms with Gasteiger partial charge >= 0.3 is 0 Å². The molecule has 0 aromatic carbocycles. The molecular formula is C12H17N3O. The highest BCUT2D eigenvalue weighted by molar-refractivity contribution is 5.57. The fourth-order valence-electron chi connectivity index (χ4n) is 1.84. The first-order valence-electron chi connectivity index (χ1n) is 5.37. The second-order valence-electron chi connectivity index (χ2n) is 3.95. The molecule has 0 unspecified atom stereocenters. The van der Waals surface area contributed by atoms with Crippen LogP contribution in [0.2, 0.25) is 0 Å². The van der Waals surface area contributed by atoms with Crippen LogP contribution in [0.1, 0.15) is 17.3 Å². The van der Waals surface area contributed by atoms with E-state index in [0.29, 0.717) is 0 Å². The summed E-state index contributed by atoms with van der Waals surface area (Å²) in [5.41, 5.74) is 2.08. The Morgan fingerprint density at radius 3 is 2.69 bits per heavy atom. The summed E-state index contributed by atoms with van der Waals surface area (Å²) >= 11 is 0. The zero-order valence-corrected chi connectivity index (χ0v) is 10.2. The summed E-state index contributed by atoms with van der Waals surface area (Å²) in [6.45, 7) is 4.69. The van der Waals surface area contributed by atoms with Crippen LogP contribution in [0, 0.1) is 13.8 Å². The molecule has 0 aliphatic rings. The van der Waals surface area contributed by atoms with Crippen molar-refractivity contribution in [2.75, 3.05) is 7.05 Å². The molecule has 0 atom stereocenters. The minimum absolute atomic E-state index is 0.747. The van der Waals surface area contributed by atoms with E-state index in [2.05, 4.69) is 14.9 Å². The van der Waals surface area contributed by atoms with Gasteiger partial charge < -0.3 is 14.3 Å². The minimum atomic E-state index is 0.747. The maximum absolute atomic E-state index is 5.66. The highest BCUT2D eigenvalue weighted by Gasteiger charge is 2.16. The molecule has 86 valence electrons. The predicted molar refractivity (Wildman–Crippen MR) is 63.1 cm³/mol. The van der Waals surface area contributed by atoms with Gasteiger partial charge in [-0.1, -0.05) is 0 Å². The Labute approximate surface area is 95.3 Å². The number of imidazole rings is 1. The van der Waals surface area contributed by atoms with Crippen LogP contribution >= 0.6 is 0 Å². The van der Waals surface area contributed by atoms with Crippen LogP contribution in [0.3, 0.4) is 0 Å². The normalized spacial score (nSPS) is 11.0. The van der Waals surface area contributed by atoms with Gasteiger partial charge in [-0.2, -0.15) is 0 Å². The molecule has 0 aliphatic carbocycles. The van der Waals surface area contributed by atoms with Crippen molar-refractivity contribution < 1.29 is 4.42 Å². The third kappa shape index (κ3) is 1.76. The number of hydrogen-bond acceptors (Lipinski definition) is 3. The van der Waals surface area contributed by atoms with Crippen molar-refractivity contribution in [1.82, 2.24) is 14.9 Å². The Morgan fingerprint density at radius 1 is 1.38 bits per heavy atom. The molecule has 0 aliphatic heterocycles. The fourth-order valence-corrected chi connectivity index (χ4v) is 1.84. The lowest BCUT2D eigenvalue weighted by Crippen LogP contribution is -2.07. The van der Waals surface area contributed by atoms with Gasteiger partial charge in [0.05, 0.1) is 5.69 Å². The molecule has 0 saturated carbocycles. The quantitative estimate of drug-likeness (QED) is 0.858. The van der Waals surface area contributed by atoms with Crippen LogP contribution in [-0.4, -0.2) is 16.6 Å². The minimum Gasteiger partial charge on any atom is -0.460 e. The predicted octanol–water partition coefficient (Wildman–Crippen LogP) is 2.02. The van der Waals surface area contributed by atoms with Crippen LogP contribution in [-0.2, 0) is 13.6 Å². The molecule has 0 amide bonds. The number of rotatable bonds is 3. The summed E-state index contributed by atoms with van der Waals surface area (Å²) in [7, 11) is 3.93. The molecule has 2 aromatic heterocycles. The molecule has 4 nitrogen and oxygen atoms in total. The molecule has 4 heteroatoms. The molecule has 0 bridgehead atoms. The van der Waals surface area contributed by atoms with E-state index in [0.717, 1.165) is 35.3 Å². The van der Waals surface area contributed by atoms with E-state index in [1.807, 2.05) is 40.1 Å². The second kappa shape index (κ2) is 4.14. The Balaban J connectivity index is 2.53. The second-order valence-corrected chi connectivity index (χ2v) is 3.95. The molecule has 16 heavy (non-hydrogen) atoms. The average Bonchev–Trinajstić information content (AvgIpc) is 2.74. The van der Waals surface area contributed by atoms with Gasteiger partial charge in [0.1, 0.15) is 17.3 Å². The molecule has 0 radical (unpaired) electrons. The van der Waals surface area contributed by atoms with Crippen molar-refractivity contribution in [2.24, 2.45) is 7.05 Å². The summed E-state index contributed by atoms with van der Waals surface area (Å²) in [6.07, 6.45) is 0. The number of aromatic nitrogens is 2. The van der Waals surface area contributed by atoms with Crippen LogP contribution in [0.25, 0.3) is 11.5 Å². The van der Waals surface area contributed by atoms with Crippen molar-refractivity contribution >= 4 is 0 Å². The van der Waals surface area contributed by atoms with E-state index in [1.54, 1.807) is 0 Å². The summed E-state index contributed by atoms with van der Waals surface area (Å²) < 4.78 is 7.72. The van der Waals surface area contributed by atoms with Gasteiger partial charge in [0, 0.05) is 13.6 Å². The lowest BCUT2D eigenvalue weighted by molar-refractivity contribution is 0.542. The van der Waals surface area contributed by atoms with Gasteiger partial charge in [0.2, 0.25) is 0 Å². The Kier molecular flexibility index (Phi) is 2.83. The first kappa shape index (κ1) is 11.0. The first-order chi connectivity index (χ1) is 7.63. The SMILES string of the molecule is CNCc1nc(C)n(C)c1-c1ccc(C)o1. The standard InChI is InChI=1S/C12H17N3O/c1-8-5-6-11(16-8)12-10(7-13-3)14-9(2)15(12)4/h5-6,13H,7H2,1-4H3. The van der Waals surface area contributed by atoms with Gasteiger partial charge in [-0.05, 0) is 33.0 Å². The van der Waals surface area contributed by atoms with Crippen LogP contribution < -0.4 is 5.32 Å². The lowest BCUT2D eigenvalue weighted by atomic mass is 10.2. The topological polar surface area (TPSA) is 43.0 Å². The van der Waals surface area contributed by atoms with E-state index >= 15 is 0 Å². The molecule has 1 N–H and O–H groups in total. The average molecular weight is 219 g/mol. The highest BCUT2D eigenvalue weighted by Crippen LogP contribution is 2.26. The third-order valence-electron chi connectivity index (χ3n) is 2.71. The Bertz CT molecular complexity index is 496. The molecule has 0 spiro atoms. The zero-order chi connectivity index (χ0) is 11.7. The van der Waals surface area contributed by atoms with E-state index in [-0.39, 0.29) is 0 Å². The largest absolute Gasteiger partial charge is 0.460 e. The molecule has 0 saturated heterocycles. The van der Waals surface area contributed by atoms with Crippen molar-refractivity contribution in [3.63, 3.8) is 0 Å². The van der Waals surface area contributed by atoms with Crippen molar-refractivity contribution in [3.8, 4) is 11.5 Å². The van der Waals surface area contributed by atoms with Gasteiger partial charge in [0.15, 0.2) is 5.76 Å². The van der Waals surface area contributed by atoms with Crippen LogP contribution in [0.4, 0.5) is 0 Å². The van der Waals surface area contributed by atoms with Gasteiger partial charge in [0.25, 0.3) is 0 Å². The molecule has 2 rings (SSSR count). The summed E-state index contributed by atoms with van der Waals surface area (Å²) in [5, 5.41) is 3.12. The van der Waals surface area contributed by atoms with Gasteiger partial charge in [-0.25, -0.2) is 4.98 Å². The number of nitrogens with zero attached hydrogens (tertiary/aromatic N) is 2. The van der Waals surface area contributed by atoms with Crippen molar-refractivity contribution in [3.05, 3.63) is 29.4 Å². The highest BCUT2D eigenvalue weighted by atomic mass is 16.3. The first-order valence-corrected chi connectivity index (χ1v) is 5.37. The van der Waals surface area contributed by atoms with Crippen molar-refractivity contribution in [1.29, 1.82) is 0 Å². The maximum atomic E-state index is 5.66. The fraction of sp³-hybridized carbons (Fsp3) is 0.417. The summed E-state index contributed by atoms with van der Waals surface area (Å²) in [4.78, 5) is 4.53. The lowest BCUT2D eigenvalue weighted by Gasteiger charge is -2.03. The van der Waals surface area contributed by atoms with Crippen LogP contribution in [0.5, 0.6) is 0 Å². The number of furan rings is 1. The van der Waals surface area contributed by atoms with E-state index in [1.165, 1.54) is 0 Å².